The van der Waals surface area contributed by atoms with E-state index >= 15 is 0 Å². The second kappa shape index (κ2) is 4.17. The van der Waals surface area contributed by atoms with Crippen molar-refractivity contribution in [3.63, 3.8) is 0 Å². The first-order valence-corrected chi connectivity index (χ1v) is 5.53. The zero-order chi connectivity index (χ0) is 13.4. The Labute approximate surface area is 105 Å². The predicted octanol–water partition coefficient (Wildman–Crippen LogP) is -1.55. The topological polar surface area (TPSA) is 157 Å². The van der Waals surface area contributed by atoms with E-state index in [0.29, 0.717) is 24.6 Å². The lowest BCUT2D eigenvalue weighted by Crippen LogP contribution is -2.10. The fourth-order valence-corrected chi connectivity index (χ4v) is 1.69. The Bertz CT molecular complexity index is 782. The molecule has 3 aromatic heterocycles. The lowest BCUT2D eigenvalue weighted by molar-refractivity contribution is 0.598. The molecule has 6 N–H and O–H groups in total. The molecule has 0 aliphatic carbocycles. The molecule has 0 aromatic carbocycles. The van der Waals surface area contributed by atoms with Crippen LogP contribution in [0, 0.1) is 0 Å². The van der Waals surface area contributed by atoms with Gasteiger partial charge in [0.15, 0.2) is 17.0 Å². The molecule has 3 aromatic rings. The number of hydrogen-bond acceptors (Lipinski definition) is 7. The fraction of sp³-hybridized carbons (Fsp3) is 0.222. The van der Waals surface area contributed by atoms with Crippen molar-refractivity contribution < 1.29 is 0 Å². The van der Waals surface area contributed by atoms with Crippen molar-refractivity contribution in [2.24, 2.45) is 5.73 Å². The third kappa shape index (κ3) is 1.93. The number of aromatic nitrogens is 7. The molecule has 0 atom stereocenters. The number of nitrogens with one attached hydrogen (secondary N) is 2. The lowest BCUT2D eigenvalue weighted by atomic mass is 10.4. The van der Waals surface area contributed by atoms with Gasteiger partial charge in [0.05, 0.1) is 12.7 Å². The van der Waals surface area contributed by atoms with E-state index in [1.165, 1.54) is 0 Å². The van der Waals surface area contributed by atoms with E-state index in [9.17, 15) is 4.79 Å². The smallest absolute Gasteiger partial charge is 0.278 e. The van der Waals surface area contributed by atoms with E-state index in [1.54, 1.807) is 10.9 Å². The van der Waals surface area contributed by atoms with Crippen LogP contribution >= 0.6 is 0 Å². The van der Waals surface area contributed by atoms with Crippen LogP contribution in [0.15, 0.2) is 11.0 Å². The molecular weight excluding hydrogens is 250 g/mol. The molecule has 10 nitrogen and oxygen atoms in total. The van der Waals surface area contributed by atoms with Crippen LogP contribution in [0.2, 0.25) is 0 Å². The Morgan fingerprint density at radius 1 is 1.32 bits per heavy atom. The van der Waals surface area contributed by atoms with Crippen molar-refractivity contribution in [2.75, 3.05) is 12.3 Å². The highest BCUT2D eigenvalue weighted by molar-refractivity contribution is 5.74. The SMILES string of the molecule is NCCn1cc(-c2nc3nc(N)[nH]c(=O)c3[nH]2)nn1. The van der Waals surface area contributed by atoms with Crippen LogP contribution in [-0.4, -0.2) is 41.5 Å². The van der Waals surface area contributed by atoms with E-state index in [1.807, 2.05) is 0 Å². The molecule has 0 spiro atoms. The van der Waals surface area contributed by atoms with Gasteiger partial charge in [-0.2, -0.15) is 4.98 Å². The van der Waals surface area contributed by atoms with Crippen molar-refractivity contribution in [1.29, 1.82) is 0 Å². The van der Waals surface area contributed by atoms with Gasteiger partial charge in [-0.25, -0.2) is 4.98 Å². The van der Waals surface area contributed by atoms with E-state index in [4.69, 9.17) is 11.5 Å². The normalized spacial score (nSPS) is 11.2. The highest BCUT2D eigenvalue weighted by atomic mass is 16.1. The summed E-state index contributed by atoms with van der Waals surface area (Å²) in [6, 6.07) is 0. The van der Waals surface area contributed by atoms with Crippen LogP contribution in [0.4, 0.5) is 5.95 Å². The minimum Gasteiger partial charge on any atom is -0.369 e. The summed E-state index contributed by atoms with van der Waals surface area (Å²) < 4.78 is 1.59. The Balaban J connectivity index is 2.09. The summed E-state index contributed by atoms with van der Waals surface area (Å²) in [4.78, 5) is 25.0. The van der Waals surface area contributed by atoms with Crippen molar-refractivity contribution in [3.05, 3.63) is 16.6 Å². The van der Waals surface area contributed by atoms with Crippen LogP contribution in [-0.2, 0) is 6.54 Å². The number of nitrogens with zero attached hydrogens (tertiary/aromatic N) is 5. The number of nitrogens with two attached hydrogens (primary N) is 2. The van der Waals surface area contributed by atoms with Gasteiger partial charge < -0.3 is 16.5 Å². The minimum atomic E-state index is -0.379. The molecule has 98 valence electrons. The molecule has 0 amide bonds. The molecule has 0 aliphatic heterocycles. The molecule has 3 rings (SSSR count). The van der Waals surface area contributed by atoms with E-state index in [-0.39, 0.29) is 22.7 Å². The second-order valence-corrected chi connectivity index (χ2v) is 3.89. The number of nitrogen functional groups attached to an aromatic ring is 1. The number of imidazole rings is 1. The lowest BCUT2D eigenvalue weighted by Gasteiger charge is -1.92. The van der Waals surface area contributed by atoms with Crippen LogP contribution in [0.5, 0.6) is 0 Å². The quantitative estimate of drug-likeness (QED) is 0.444. The summed E-state index contributed by atoms with van der Waals surface area (Å²) in [6.45, 7) is 1.01. The molecule has 19 heavy (non-hydrogen) atoms. The Kier molecular flexibility index (Phi) is 2.49. The van der Waals surface area contributed by atoms with Gasteiger partial charge >= 0.3 is 0 Å². The predicted molar refractivity (Wildman–Crippen MR) is 67.0 cm³/mol. The summed E-state index contributed by atoms with van der Waals surface area (Å²) in [6.07, 6.45) is 1.68. The molecule has 0 aliphatic rings. The first-order valence-electron chi connectivity index (χ1n) is 5.53. The Morgan fingerprint density at radius 2 is 2.16 bits per heavy atom. The van der Waals surface area contributed by atoms with Gasteiger partial charge in [-0.05, 0) is 0 Å². The molecule has 0 radical (unpaired) electrons. The third-order valence-corrected chi connectivity index (χ3v) is 2.52. The van der Waals surface area contributed by atoms with E-state index < -0.39 is 0 Å². The average molecular weight is 261 g/mol. The van der Waals surface area contributed by atoms with Gasteiger partial charge in [0.25, 0.3) is 5.56 Å². The Morgan fingerprint density at radius 3 is 2.95 bits per heavy atom. The zero-order valence-corrected chi connectivity index (χ0v) is 9.79. The zero-order valence-electron chi connectivity index (χ0n) is 9.79. The third-order valence-electron chi connectivity index (χ3n) is 2.52. The molecule has 0 unspecified atom stereocenters. The number of rotatable bonds is 3. The number of H-pyrrole nitrogens is 2. The largest absolute Gasteiger partial charge is 0.369 e. The Hall–Kier alpha value is -2.75. The molecule has 0 saturated heterocycles. The van der Waals surface area contributed by atoms with Gasteiger partial charge in [0.1, 0.15) is 5.69 Å². The van der Waals surface area contributed by atoms with Gasteiger partial charge in [0.2, 0.25) is 5.95 Å². The molecule has 0 bridgehead atoms. The summed E-state index contributed by atoms with van der Waals surface area (Å²) in [5, 5.41) is 7.83. The van der Waals surface area contributed by atoms with Gasteiger partial charge in [-0.1, -0.05) is 5.21 Å². The molecule has 0 saturated carbocycles. The maximum absolute atomic E-state index is 11.6. The summed E-state index contributed by atoms with van der Waals surface area (Å²) in [7, 11) is 0. The van der Waals surface area contributed by atoms with Crippen LogP contribution in [0.1, 0.15) is 0 Å². The second-order valence-electron chi connectivity index (χ2n) is 3.89. The maximum atomic E-state index is 11.6. The maximum Gasteiger partial charge on any atom is 0.278 e. The monoisotopic (exact) mass is 261 g/mol. The standard InChI is InChI=1S/C9H11N9O/c10-1-2-18-3-4(16-17-18)6-12-5-7(13-6)14-9(11)15-8(5)19/h3H,1-2,10H2,(H4,11,12,13,14,15,19). The van der Waals surface area contributed by atoms with E-state index in [0.717, 1.165) is 0 Å². The summed E-state index contributed by atoms with van der Waals surface area (Å²) in [5.74, 6) is 0.421. The number of anilines is 1. The van der Waals surface area contributed by atoms with Gasteiger partial charge in [-0.15, -0.1) is 5.10 Å². The number of hydrogen-bond donors (Lipinski definition) is 4. The summed E-state index contributed by atoms with van der Waals surface area (Å²) >= 11 is 0. The fourth-order valence-electron chi connectivity index (χ4n) is 1.69. The molecule has 0 fully saturated rings. The number of aromatic amines is 2. The molecule has 3 heterocycles. The highest BCUT2D eigenvalue weighted by Crippen LogP contribution is 2.14. The van der Waals surface area contributed by atoms with Crippen molar-refractivity contribution in [1.82, 2.24) is 34.9 Å². The van der Waals surface area contributed by atoms with Crippen molar-refractivity contribution in [3.8, 4) is 11.5 Å². The first kappa shape index (κ1) is 11.3. The molecule has 10 heteroatoms. The van der Waals surface area contributed by atoms with Crippen molar-refractivity contribution >= 4 is 17.1 Å². The van der Waals surface area contributed by atoms with Crippen LogP contribution < -0.4 is 17.0 Å². The molecular formula is C9H11N9O. The van der Waals surface area contributed by atoms with Gasteiger partial charge in [-0.3, -0.25) is 14.5 Å². The summed E-state index contributed by atoms with van der Waals surface area (Å²) in [5.41, 5.74) is 11.5. The van der Waals surface area contributed by atoms with E-state index in [2.05, 4.69) is 30.2 Å². The van der Waals surface area contributed by atoms with Crippen LogP contribution in [0.3, 0.4) is 0 Å². The van der Waals surface area contributed by atoms with Crippen molar-refractivity contribution in [2.45, 2.75) is 6.54 Å². The average Bonchev–Trinajstić information content (AvgIpc) is 2.95. The first-order chi connectivity index (χ1) is 9.17. The minimum absolute atomic E-state index is 0.0161. The van der Waals surface area contributed by atoms with Gasteiger partial charge in [0, 0.05) is 6.54 Å². The highest BCUT2D eigenvalue weighted by Gasteiger charge is 2.12. The van der Waals surface area contributed by atoms with Crippen LogP contribution in [0.25, 0.3) is 22.7 Å². The number of fused-ring (bicyclic) bond motifs is 1.